The third-order valence-electron chi connectivity index (χ3n) is 17.1. The molecule has 3 nitrogen and oxygen atoms in total. The van der Waals surface area contributed by atoms with Crippen LogP contribution in [0.2, 0.25) is 0 Å². The van der Waals surface area contributed by atoms with Crippen LogP contribution in [0.1, 0.15) is 103 Å². The Morgan fingerprint density at radius 1 is 0.614 bits per heavy atom. The molecule has 0 radical (unpaired) electrons. The summed E-state index contributed by atoms with van der Waals surface area (Å²) in [5, 5.41) is 10.6. The van der Waals surface area contributed by atoms with E-state index in [1.807, 2.05) is 17.6 Å². The van der Waals surface area contributed by atoms with Crippen LogP contribution in [0.4, 0.5) is 11.4 Å². The highest BCUT2D eigenvalue weighted by Crippen LogP contribution is 2.59. The van der Waals surface area contributed by atoms with Crippen LogP contribution in [0.5, 0.6) is 0 Å². The normalized spacial score (nSPS) is 16.1. The van der Waals surface area contributed by atoms with Gasteiger partial charge in [-0.05, 0) is 139 Å². The molecule has 2 aliphatic carbocycles. The lowest BCUT2D eigenvalue weighted by Crippen LogP contribution is -2.38. The van der Waals surface area contributed by atoms with Gasteiger partial charge in [-0.25, -0.2) is 0 Å². The number of hydrogen-bond acceptors (Lipinski definition) is 3. The average Bonchev–Trinajstić information content (AvgIpc) is 4.08. The van der Waals surface area contributed by atoms with Gasteiger partial charge in [0.05, 0.1) is 11.8 Å². The minimum atomic E-state index is -0.303. The van der Waals surface area contributed by atoms with Gasteiger partial charge in [0.25, 0.3) is 0 Å². The van der Waals surface area contributed by atoms with Crippen LogP contribution < -0.4 is 16.2 Å². The molecule has 4 heterocycles. The number of anilines is 2. The standard InChI is InChI=1S/C65H57BN2OS/c1-62(2,3)37-23-25-38(26-24-37)67-50-34-55-42(39-19-14-16-22-54(39)70-55)29-43(50)58-59-56(40-20-13-15-21-46(40)65(59,8)9)57-44-30-47-48(64(6,7)28-27-63(47,4)5)32-51(44)68-52-31-41-45(36-17-11-10-12-18-36)35-69-53(41)33-49(52)66-60(58)61(57)68/h10-26,29-35,66-67H,27-28H2,1-9H3. The molecular formula is C65H57BN2OS. The molecule has 3 aliphatic rings. The van der Waals surface area contributed by atoms with E-state index in [1.165, 1.54) is 121 Å². The van der Waals surface area contributed by atoms with Crippen LogP contribution in [-0.4, -0.2) is 11.8 Å². The van der Waals surface area contributed by atoms with E-state index in [1.54, 1.807) is 0 Å². The fraction of sp³-hybridized carbons (Fsp3) is 0.231. The van der Waals surface area contributed by atoms with Crippen molar-refractivity contribution < 1.29 is 4.42 Å². The van der Waals surface area contributed by atoms with Gasteiger partial charge in [-0.1, -0.05) is 153 Å². The third-order valence-corrected chi connectivity index (χ3v) is 18.2. The second-order valence-corrected chi connectivity index (χ2v) is 24.7. The van der Waals surface area contributed by atoms with Crippen molar-refractivity contribution in [1.29, 1.82) is 0 Å². The summed E-state index contributed by atoms with van der Waals surface area (Å²) in [6.07, 6.45) is 4.29. The fourth-order valence-electron chi connectivity index (χ4n) is 13.2. The SMILES string of the molecule is CC(C)(C)c1ccc(Nc2cc3sc4ccccc4c3cc2-c2c3c(c4c5cc6c(cc5n5c4c2Bc2cc4occ(-c7ccccc7)c4cc2-5)C(C)(C)CCC6(C)C)-c2ccccc2C3(C)C)cc1. The predicted octanol–water partition coefficient (Wildman–Crippen LogP) is 16.6. The molecule has 0 saturated heterocycles. The zero-order valence-electron chi connectivity index (χ0n) is 41.7. The van der Waals surface area contributed by atoms with Crippen LogP contribution in [0, 0.1) is 0 Å². The monoisotopic (exact) mass is 924 g/mol. The molecule has 1 N–H and O–H groups in total. The molecule has 8 aromatic carbocycles. The van der Waals surface area contributed by atoms with E-state index in [4.69, 9.17) is 4.42 Å². The van der Waals surface area contributed by atoms with Gasteiger partial charge >= 0.3 is 0 Å². The first-order valence-corrected chi connectivity index (χ1v) is 26.1. The van der Waals surface area contributed by atoms with Gasteiger partial charge in [0, 0.05) is 75.5 Å². The van der Waals surface area contributed by atoms with Gasteiger partial charge in [-0.15, -0.1) is 11.3 Å². The van der Waals surface area contributed by atoms with E-state index < -0.39 is 0 Å². The Labute approximate surface area is 415 Å². The van der Waals surface area contributed by atoms with Crippen molar-refractivity contribution in [1.82, 2.24) is 4.57 Å². The molecule has 70 heavy (non-hydrogen) atoms. The number of furan rings is 1. The lowest BCUT2D eigenvalue weighted by atomic mass is 9.57. The van der Waals surface area contributed by atoms with E-state index in [0.717, 1.165) is 41.6 Å². The highest BCUT2D eigenvalue weighted by Gasteiger charge is 2.44. The molecule has 11 aromatic rings. The fourth-order valence-corrected chi connectivity index (χ4v) is 14.3. The van der Waals surface area contributed by atoms with Crippen LogP contribution in [0.25, 0.3) is 92.0 Å². The summed E-state index contributed by atoms with van der Waals surface area (Å²) < 4.78 is 11.9. The van der Waals surface area contributed by atoms with E-state index in [9.17, 15) is 0 Å². The molecule has 0 fully saturated rings. The third kappa shape index (κ3) is 5.82. The quantitative estimate of drug-likeness (QED) is 0.178. The molecule has 0 unspecified atom stereocenters. The second kappa shape index (κ2) is 14.2. The number of benzene rings is 8. The maximum absolute atomic E-state index is 6.57. The van der Waals surface area contributed by atoms with Crippen molar-refractivity contribution in [2.24, 2.45) is 0 Å². The molecule has 3 aromatic heterocycles. The number of nitrogens with one attached hydrogen (secondary N) is 1. The Kier molecular flexibility index (Phi) is 8.52. The summed E-state index contributed by atoms with van der Waals surface area (Å²) in [5.41, 5.74) is 24.3. The molecule has 0 saturated carbocycles. The van der Waals surface area contributed by atoms with Crippen molar-refractivity contribution in [3.8, 4) is 39.1 Å². The Morgan fingerprint density at radius 2 is 1.33 bits per heavy atom. The Morgan fingerprint density at radius 3 is 2.10 bits per heavy atom. The van der Waals surface area contributed by atoms with Gasteiger partial charge in [-0.3, -0.25) is 0 Å². The number of fused-ring (bicyclic) bond motifs is 14. The Hall–Kier alpha value is -6.82. The molecule has 0 bridgehead atoms. The maximum Gasteiger partial charge on any atom is 0.198 e. The van der Waals surface area contributed by atoms with Crippen molar-refractivity contribution in [3.63, 3.8) is 0 Å². The topological polar surface area (TPSA) is 30.1 Å². The molecule has 0 spiro atoms. The summed E-state index contributed by atoms with van der Waals surface area (Å²) in [7, 11) is 0.771. The highest BCUT2D eigenvalue weighted by atomic mass is 32.1. The summed E-state index contributed by atoms with van der Waals surface area (Å²) in [4.78, 5) is 0. The van der Waals surface area contributed by atoms with Crippen LogP contribution in [-0.2, 0) is 21.7 Å². The first kappa shape index (κ1) is 42.1. The Bertz CT molecular complexity index is 4060. The van der Waals surface area contributed by atoms with Crippen molar-refractivity contribution in [3.05, 3.63) is 174 Å². The second-order valence-electron chi connectivity index (χ2n) is 23.6. The zero-order valence-corrected chi connectivity index (χ0v) is 42.6. The smallest absolute Gasteiger partial charge is 0.198 e. The number of thiophene rings is 1. The molecule has 0 amide bonds. The molecule has 1 aliphatic heterocycles. The minimum Gasteiger partial charge on any atom is -0.464 e. The van der Waals surface area contributed by atoms with Gasteiger partial charge in [0.2, 0.25) is 0 Å². The summed E-state index contributed by atoms with van der Waals surface area (Å²) in [5.74, 6) is 0. The van der Waals surface area contributed by atoms with E-state index in [0.29, 0.717) is 0 Å². The lowest BCUT2D eigenvalue weighted by Gasteiger charge is -2.42. The Balaban J connectivity index is 1.17. The zero-order chi connectivity index (χ0) is 47.8. The molecule has 14 rings (SSSR count). The molecule has 342 valence electrons. The van der Waals surface area contributed by atoms with E-state index in [2.05, 4.69) is 212 Å². The summed E-state index contributed by atoms with van der Waals surface area (Å²) in [6, 6.07) is 53.2. The van der Waals surface area contributed by atoms with Gasteiger partial charge in [-0.2, -0.15) is 0 Å². The van der Waals surface area contributed by atoms with Crippen LogP contribution >= 0.6 is 11.3 Å². The van der Waals surface area contributed by atoms with Crippen molar-refractivity contribution >= 4 is 93.9 Å². The largest absolute Gasteiger partial charge is 0.464 e. The van der Waals surface area contributed by atoms with Gasteiger partial charge in [0.15, 0.2) is 7.28 Å². The summed E-state index contributed by atoms with van der Waals surface area (Å²) in [6.45, 7) is 21.7. The number of rotatable bonds is 4. The maximum atomic E-state index is 6.57. The molecular weight excluding hydrogens is 868 g/mol. The minimum absolute atomic E-state index is 0.0389. The highest BCUT2D eigenvalue weighted by molar-refractivity contribution is 7.25. The lowest BCUT2D eigenvalue weighted by molar-refractivity contribution is 0.332. The molecule has 5 heteroatoms. The van der Waals surface area contributed by atoms with Crippen LogP contribution in [0.3, 0.4) is 0 Å². The summed E-state index contributed by atoms with van der Waals surface area (Å²) >= 11 is 1.89. The van der Waals surface area contributed by atoms with Gasteiger partial charge < -0.3 is 14.3 Å². The van der Waals surface area contributed by atoms with E-state index in [-0.39, 0.29) is 21.7 Å². The number of nitrogens with zero attached hydrogens (tertiary/aromatic N) is 1. The van der Waals surface area contributed by atoms with Crippen molar-refractivity contribution in [2.45, 2.75) is 96.8 Å². The van der Waals surface area contributed by atoms with E-state index >= 15 is 0 Å². The molecule has 0 atom stereocenters. The number of hydrogen-bond donors (Lipinski definition) is 1. The predicted molar refractivity (Wildman–Crippen MR) is 302 cm³/mol. The van der Waals surface area contributed by atoms with Gasteiger partial charge in [0.1, 0.15) is 5.58 Å². The van der Waals surface area contributed by atoms with Crippen molar-refractivity contribution in [2.75, 3.05) is 5.32 Å². The number of aromatic nitrogens is 1. The average molecular weight is 925 g/mol. The first-order chi connectivity index (χ1) is 33.6. The first-order valence-electron chi connectivity index (χ1n) is 25.3. The van der Waals surface area contributed by atoms with Crippen LogP contribution in [0.15, 0.2) is 150 Å².